The number of unbranched alkanes of at least 4 members (excludes halogenated alkanes) is 1. The van der Waals surface area contributed by atoms with Crippen molar-refractivity contribution in [1.29, 1.82) is 0 Å². The topological polar surface area (TPSA) is 114 Å². The van der Waals surface area contributed by atoms with E-state index in [9.17, 15) is 14.4 Å². The number of aromatic amines is 1. The summed E-state index contributed by atoms with van der Waals surface area (Å²) >= 11 is 0. The zero-order valence-corrected chi connectivity index (χ0v) is 22.4. The maximum Gasteiger partial charge on any atom is 0.439 e. The van der Waals surface area contributed by atoms with E-state index in [1.807, 2.05) is 48.5 Å². The molecule has 1 aliphatic heterocycles. The molecule has 1 aliphatic rings. The van der Waals surface area contributed by atoms with E-state index in [-0.39, 0.29) is 17.0 Å². The van der Waals surface area contributed by atoms with Gasteiger partial charge >= 0.3 is 5.76 Å². The molecular formula is C30H33N5O4. The van der Waals surface area contributed by atoms with E-state index < -0.39 is 5.76 Å². The highest BCUT2D eigenvalue weighted by Crippen LogP contribution is 2.30. The van der Waals surface area contributed by atoms with Gasteiger partial charge < -0.3 is 4.90 Å². The van der Waals surface area contributed by atoms with Gasteiger partial charge in [-0.15, -0.1) is 0 Å². The van der Waals surface area contributed by atoms with Gasteiger partial charge in [-0.3, -0.25) is 23.7 Å². The van der Waals surface area contributed by atoms with Crippen molar-refractivity contribution in [2.45, 2.75) is 58.9 Å². The lowest BCUT2D eigenvalue weighted by molar-refractivity contribution is 0.0720. The number of H-pyrrole nitrogens is 1. The number of hydrogen-bond acceptors (Lipinski definition) is 6. The van der Waals surface area contributed by atoms with Gasteiger partial charge in [0.1, 0.15) is 11.4 Å². The quantitative estimate of drug-likeness (QED) is 0.359. The lowest BCUT2D eigenvalue weighted by atomic mass is 9.98. The third-order valence-electron chi connectivity index (χ3n) is 7.27. The molecule has 2 aromatic carbocycles. The summed E-state index contributed by atoms with van der Waals surface area (Å²) in [6, 6.07) is 15.5. The Bertz CT molecular complexity index is 1580. The van der Waals surface area contributed by atoms with Crippen molar-refractivity contribution in [3.63, 3.8) is 0 Å². The van der Waals surface area contributed by atoms with Crippen molar-refractivity contribution >= 4 is 5.91 Å². The van der Waals surface area contributed by atoms with E-state index in [0.29, 0.717) is 43.4 Å². The van der Waals surface area contributed by atoms with Crippen LogP contribution in [-0.2, 0) is 13.0 Å². The van der Waals surface area contributed by atoms with Gasteiger partial charge in [0.05, 0.1) is 12.2 Å². The van der Waals surface area contributed by atoms with Crippen LogP contribution in [0.3, 0.4) is 0 Å². The lowest BCUT2D eigenvalue weighted by Crippen LogP contribution is -2.41. The smallest absolute Gasteiger partial charge is 0.338 e. The normalized spacial score (nSPS) is 13.5. The first-order chi connectivity index (χ1) is 19.0. The molecule has 4 aromatic rings. The number of hydrogen-bond donors (Lipinski definition) is 1. The molecule has 1 saturated heterocycles. The highest BCUT2D eigenvalue weighted by atomic mass is 16.5. The Hall–Kier alpha value is -4.27. The summed E-state index contributed by atoms with van der Waals surface area (Å²) in [6.45, 7) is 5.56. The fraction of sp³-hybridized carbons (Fsp3) is 0.367. The molecular weight excluding hydrogens is 494 g/mol. The predicted octanol–water partition coefficient (Wildman–Crippen LogP) is 4.58. The van der Waals surface area contributed by atoms with E-state index in [4.69, 9.17) is 9.51 Å². The van der Waals surface area contributed by atoms with E-state index in [1.54, 1.807) is 16.4 Å². The van der Waals surface area contributed by atoms with Gasteiger partial charge in [-0.2, -0.15) is 0 Å². The summed E-state index contributed by atoms with van der Waals surface area (Å²) in [7, 11) is 0. The van der Waals surface area contributed by atoms with Crippen LogP contribution in [0.15, 0.2) is 62.6 Å². The molecule has 0 bridgehead atoms. The van der Waals surface area contributed by atoms with Crippen LogP contribution in [0, 0.1) is 6.92 Å². The summed E-state index contributed by atoms with van der Waals surface area (Å²) in [5.74, 6) is 0.255. The van der Waals surface area contributed by atoms with Gasteiger partial charge in [0.25, 0.3) is 11.5 Å². The largest absolute Gasteiger partial charge is 0.439 e. The summed E-state index contributed by atoms with van der Waals surface area (Å²) in [5, 5.41) is 3.83. The zero-order chi connectivity index (χ0) is 27.4. The Morgan fingerprint density at radius 3 is 2.38 bits per heavy atom. The first-order valence-electron chi connectivity index (χ1n) is 13.6. The van der Waals surface area contributed by atoms with Crippen LogP contribution in [-0.4, -0.2) is 43.6 Å². The number of carbonyl (C=O) groups excluding carboxylic acids is 1. The molecule has 0 atom stereocenters. The van der Waals surface area contributed by atoms with Crippen molar-refractivity contribution in [1.82, 2.24) is 24.6 Å². The molecule has 9 heteroatoms. The molecule has 0 spiro atoms. The molecule has 1 N–H and O–H groups in total. The number of rotatable bonds is 8. The van der Waals surface area contributed by atoms with Crippen LogP contribution in [0.25, 0.3) is 22.5 Å². The van der Waals surface area contributed by atoms with Crippen molar-refractivity contribution in [2.75, 3.05) is 13.1 Å². The molecule has 3 heterocycles. The number of aromatic nitrogens is 4. The van der Waals surface area contributed by atoms with Crippen molar-refractivity contribution < 1.29 is 9.32 Å². The molecule has 0 unspecified atom stereocenters. The number of likely N-dealkylation sites (tertiary alicyclic amines) is 1. The number of benzene rings is 2. The highest BCUT2D eigenvalue weighted by Gasteiger charge is 2.25. The maximum absolute atomic E-state index is 13.8. The Morgan fingerprint density at radius 2 is 1.72 bits per heavy atom. The maximum atomic E-state index is 13.8. The van der Waals surface area contributed by atoms with E-state index >= 15 is 0 Å². The Morgan fingerprint density at radius 1 is 1.00 bits per heavy atom. The van der Waals surface area contributed by atoms with E-state index in [1.165, 1.54) is 0 Å². The minimum Gasteiger partial charge on any atom is -0.338 e. The van der Waals surface area contributed by atoms with Crippen LogP contribution in [0.4, 0.5) is 0 Å². The molecule has 1 amide bonds. The van der Waals surface area contributed by atoms with Gasteiger partial charge in [0.15, 0.2) is 5.82 Å². The second-order valence-electron chi connectivity index (χ2n) is 10.0. The molecule has 0 saturated carbocycles. The number of aryl methyl sites for hydroxylation is 2. The minimum absolute atomic E-state index is 0.185. The van der Waals surface area contributed by atoms with Gasteiger partial charge in [-0.05, 0) is 49.3 Å². The van der Waals surface area contributed by atoms with Gasteiger partial charge in [-0.25, -0.2) is 9.78 Å². The van der Waals surface area contributed by atoms with Crippen molar-refractivity contribution in [3.05, 3.63) is 92.1 Å². The summed E-state index contributed by atoms with van der Waals surface area (Å²) in [4.78, 5) is 47.8. The molecule has 1 fully saturated rings. The van der Waals surface area contributed by atoms with Gasteiger partial charge in [-0.1, -0.05) is 67.0 Å². The second kappa shape index (κ2) is 11.6. The monoisotopic (exact) mass is 527 g/mol. The van der Waals surface area contributed by atoms with Crippen LogP contribution < -0.4 is 11.3 Å². The van der Waals surface area contributed by atoms with Crippen molar-refractivity contribution in [3.8, 4) is 22.5 Å². The third-order valence-corrected chi connectivity index (χ3v) is 7.27. The minimum atomic E-state index is -0.607. The van der Waals surface area contributed by atoms with E-state index in [2.05, 4.69) is 17.1 Å². The van der Waals surface area contributed by atoms with Gasteiger partial charge in [0.2, 0.25) is 0 Å². The number of nitrogens with zero attached hydrogens (tertiary/aromatic N) is 4. The molecule has 5 rings (SSSR count). The summed E-state index contributed by atoms with van der Waals surface area (Å²) < 4.78 is 6.36. The fourth-order valence-electron chi connectivity index (χ4n) is 5.17. The summed E-state index contributed by atoms with van der Waals surface area (Å²) in [5.41, 5.74) is 3.92. The zero-order valence-electron chi connectivity index (χ0n) is 22.4. The standard InChI is InChI=1S/C30H33N5O4/c1-3-4-12-25-31-20(2)26(28(36)34-17-8-5-9-18-34)29(37)35(25)19-21-13-15-22(16-14-21)23-10-6-7-11-24(23)27-32-30(38)39-33-27/h6-7,10-11,13-16H,3-5,8-9,12,17-19H2,1-2H3,(H,32,33,38). The van der Waals surface area contributed by atoms with Crippen LogP contribution in [0.1, 0.15) is 66.5 Å². The number of nitrogens with one attached hydrogen (secondary N) is 1. The predicted molar refractivity (Wildman–Crippen MR) is 149 cm³/mol. The molecule has 0 radical (unpaired) electrons. The van der Waals surface area contributed by atoms with Crippen LogP contribution >= 0.6 is 0 Å². The SMILES string of the molecule is CCCCc1nc(C)c(C(=O)N2CCCCC2)c(=O)n1Cc1ccc(-c2ccccc2-c2noc(=O)[nH]2)cc1. The molecule has 2 aromatic heterocycles. The average Bonchev–Trinajstić information content (AvgIpc) is 3.40. The van der Waals surface area contributed by atoms with Crippen LogP contribution in [0.2, 0.25) is 0 Å². The molecule has 0 aliphatic carbocycles. The second-order valence-corrected chi connectivity index (χ2v) is 10.0. The Labute approximate surface area is 226 Å². The Balaban J connectivity index is 1.48. The van der Waals surface area contributed by atoms with E-state index in [0.717, 1.165) is 54.4 Å². The highest BCUT2D eigenvalue weighted by molar-refractivity contribution is 5.95. The molecule has 9 nitrogen and oxygen atoms in total. The lowest BCUT2D eigenvalue weighted by Gasteiger charge is -2.27. The Kier molecular flexibility index (Phi) is 7.86. The molecule has 39 heavy (non-hydrogen) atoms. The fourth-order valence-corrected chi connectivity index (χ4v) is 5.17. The van der Waals surface area contributed by atoms with Crippen molar-refractivity contribution in [2.24, 2.45) is 0 Å². The number of amides is 1. The summed E-state index contributed by atoms with van der Waals surface area (Å²) in [6.07, 6.45) is 5.59. The average molecular weight is 528 g/mol. The van der Waals surface area contributed by atoms with Gasteiger partial charge in [0, 0.05) is 25.1 Å². The number of carbonyl (C=O) groups is 1. The first kappa shape index (κ1) is 26.3. The first-order valence-corrected chi connectivity index (χ1v) is 13.6. The number of piperidine rings is 1. The molecule has 202 valence electrons. The third kappa shape index (κ3) is 5.62. The van der Waals surface area contributed by atoms with Crippen LogP contribution in [0.5, 0.6) is 0 Å².